The van der Waals surface area contributed by atoms with Gasteiger partial charge in [0.05, 0.1) is 6.10 Å². The molecule has 0 radical (unpaired) electrons. The number of halogens is 2. The minimum absolute atomic E-state index is 0.471. The lowest BCUT2D eigenvalue weighted by atomic mass is 10.0. The average Bonchev–Trinajstić information content (AvgIpc) is 2.74. The summed E-state index contributed by atoms with van der Waals surface area (Å²) in [6.07, 6.45) is 0.180. The SMILES string of the molecule is OC(Cc1ccsc1)c1cc(Br)ccc1Br. The summed E-state index contributed by atoms with van der Waals surface area (Å²) in [5, 5.41) is 14.2. The van der Waals surface area contributed by atoms with Gasteiger partial charge in [-0.05, 0) is 46.2 Å². The lowest BCUT2D eigenvalue weighted by molar-refractivity contribution is 0.178. The van der Waals surface area contributed by atoms with E-state index in [9.17, 15) is 5.11 Å². The van der Waals surface area contributed by atoms with Crippen molar-refractivity contribution in [2.24, 2.45) is 0 Å². The third-order valence-corrected chi connectivity index (χ3v) is 4.27. The monoisotopic (exact) mass is 360 g/mol. The van der Waals surface area contributed by atoms with E-state index in [1.54, 1.807) is 11.3 Å². The fourth-order valence-corrected chi connectivity index (χ4v) is 3.08. The molecule has 2 rings (SSSR count). The molecule has 1 aromatic carbocycles. The molecule has 0 saturated carbocycles. The van der Waals surface area contributed by atoms with Gasteiger partial charge in [-0.2, -0.15) is 11.3 Å². The van der Waals surface area contributed by atoms with E-state index in [0.717, 1.165) is 14.5 Å². The first-order valence-electron chi connectivity index (χ1n) is 4.81. The molecule has 4 heteroatoms. The number of benzene rings is 1. The lowest BCUT2D eigenvalue weighted by Crippen LogP contribution is -2.02. The summed E-state index contributed by atoms with van der Waals surface area (Å²) in [5.74, 6) is 0. The van der Waals surface area contributed by atoms with Crippen molar-refractivity contribution < 1.29 is 5.11 Å². The van der Waals surface area contributed by atoms with Gasteiger partial charge in [0.25, 0.3) is 0 Å². The Labute approximate surface area is 115 Å². The van der Waals surface area contributed by atoms with Gasteiger partial charge in [-0.3, -0.25) is 0 Å². The summed E-state index contributed by atoms with van der Waals surface area (Å²) in [6, 6.07) is 7.88. The number of thiophene rings is 1. The zero-order chi connectivity index (χ0) is 11.5. The van der Waals surface area contributed by atoms with Crippen LogP contribution in [0.5, 0.6) is 0 Å². The topological polar surface area (TPSA) is 20.2 Å². The summed E-state index contributed by atoms with van der Waals surface area (Å²) < 4.78 is 1.92. The molecule has 0 spiro atoms. The average molecular weight is 362 g/mol. The Balaban J connectivity index is 2.20. The summed E-state index contributed by atoms with van der Waals surface area (Å²) in [4.78, 5) is 0. The highest BCUT2D eigenvalue weighted by atomic mass is 79.9. The highest BCUT2D eigenvalue weighted by Gasteiger charge is 2.12. The van der Waals surface area contributed by atoms with Crippen LogP contribution in [-0.2, 0) is 6.42 Å². The molecule has 84 valence electrons. The fraction of sp³-hybridized carbons (Fsp3) is 0.167. The van der Waals surface area contributed by atoms with Gasteiger partial charge >= 0.3 is 0 Å². The molecule has 1 nitrogen and oxygen atoms in total. The van der Waals surface area contributed by atoms with Crippen LogP contribution in [0.25, 0.3) is 0 Å². The first-order valence-corrected chi connectivity index (χ1v) is 7.34. The Kier molecular flexibility index (Phi) is 4.19. The number of aliphatic hydroxyl groups excluding tert-OH is 1. The second-order valence-corrected chi connectivity index (χ2v) is 6.07. The molecule has 1 aromatic heterocycles. The molecule has 0 bridgehead atoms. The third-order valence-electron chi connectivity index (χ3n) is 2.33. The van der Waals surface area contributed by atoms with E-state index < -0.39 is 6.10 Å². The maximum Gasteiger partial charge on any atom is 0.0841 e. The predicted molar refractivity (Wildman–Crippen MR) is 74.8 cm³/mol. The van der Waals surface area contributed by atoms with Gasteiger partial charge in [-0.25, -0.2) is 0 Å². The van der Waals surface area contributed by atoms with Gasteiger partial charge in [-0.1, -0.05) is 31.9 Å². The van der Waals surface area contributed by atoms with Crippen molar-refractivity contribution in [1.82, 2.24) is 0 Å². The van der Waals surface area contributed by atoms with E-state index in [-0.39, 0.29) is 0 Å². The minimum atomic E-state index is -0.471. The maximum absolute atomic E-state index is 10.2. The molecule has 0 fully saturated rings. The van der Waals surface area contributed by atoms with Gasteiger partial charge < -0.3 is 5.11 Å². The quantitative estimate of drug-likeness (QED) is 0.850. The second kappa shape index (κ2) is 5.45. The molecule has 2 aromatic rings. The summed E-state index contributed by atoms with van der Waals surface area (Å²) in [6.45, 7) is 0. The van der Waals surface area contributed by atoms with Crippen LogP contribution in [0.4, 0.5) is 0 Å². The summed E-state index contributed by atoms with van der Waals surface area (Å²) >= 11 is 8.52. The highest BCUT2D eigenvalue weighted by Crippen LogP contribution is 2.29. The predicted octanol–water partition coefficient (Wildman–Crippen LogP) is 4.55. The standard InChI is InChI=1S/C12H10Br2OS/c13-9-1-2-11(14)10(6-9)12(15)5-8-3-4-16-7-8/h1-4,6-7,12,15H,5H2. The Bertz CT molecular complexity index is 468. The zero-order valence-electron chi connectivity index (χ0n) is 8.36. The van der Waals surface area contributed by atoms with E-state index in [0.29, 0.717) is 6.42 Å². The Morgan fingerprint density at radius 2 is 2.06 bits per heavy atom. The van der Waals surface area contributed by atoms with Crippen LogP contribution in [0.15, 0.2) is 44.0 Å². The van der Waals surface area contributed by atoms with Crippen molar-refractivity contribution in [1.29, 1.82) is 0 Å². The van der Waals surface area contributed by atoms with E-state index in [1.807, 2.05) is 29.6 Å². The fourth-order valence-electron chi connectivity index (χ4n) is 1.51. The van der Waals surface area contributed by atoms with Gasteiger partial charge in [0.15, 0.2) is 0 Å². The van der Waals surface area contributed by atoms with Gasteiger partial charge in [0, 0.05) is 15.4 Å². The van der Waals surface area contributed by atoms with E-state index in [2.05, 4.69) is 37.2 Å². The van der Waals surface area contributed by atoms with Crippen LogP contribution in [0.1, 0.15) is 17.2 Å². The Morgan fingerprint density at radius 3 is 2.75 bits per heavy atom. The van der Waals surface area contributed by atoms with Crippen molar-refractivity contribution in [3.8, 4) is 0 Å². The van der Waals surface area contributed by atoms with Crippen LogP contribution >= 0.6 is 43.2 Å². The smallest absolute Gasteiger partial charge is 0.0841 e. The second-order valence-electron chi connectivity index (χ2n) is 3.52. The van der Waals surface area contributed by atoms with Crippen molar-refractivity contribution in [3.05, 3.63) is 55.1 Å². The Hall–Kier alpha value is -0.160. The van der Waals surface area contributed by atoms with Gasteiger partial charge in [0.1, 0.15) is 0 Å². The largest absolute Gasteiger partial charge is 0.388 e. The van der Waals surface area contributed by atoms with Crippen LogP contribution in [-0.4, -0.2) is 5.11 Å². The molecular weight excluding hydrogens is 352 g/mol. The number of hydrogen-bond acceptors (Lipinski definition) is 2. The highest BCUT2D eigenvalue weighted by molar-refractivity contribution is 9.11. The van der Waals surface area contributed by atoms with Crippen molar-refractivity contribution in [3.63, 3.8) is 0 Å². The minimum Gasteiger partial charge on any atom is -0.388 e. The van der Waals surface area contributed by atoms with Crippen LogP contribution in [0.3, 0.4) is 0 Å². The lowest BCUT2D eigenvalue weighted by Gasteiger charge is -2.12. The normalized spacial score (nSPS) is 12.7. The molecule has 1 heterocycles. The molecule has 1 N–H and O–H groups in total. The Morgan fingerprint density at radius 1 is 1.25 bits per heavy atom. The summed E-state index contributed by atoms with van der Waals surface area (Å²) in [5.41, 5.74) is 2.09. The van der Waals surface area contributed by atoms with Crippen LogP contribution < -0.4 is 0 Å². The van der Waals surface area contributed by atoms with E-state index >= 15 is 0 Å². The maximum atomic E-state index is 10.2. The van der Waals surface area contributed by atoms with Crippen molar-refractivity contribution in [2.45, 2.75) is 12.5 Å². The van der Waals surface area contributed by atoms with E-state index in [1.165, 1.54) is 5.56 Å². The van der Waals surface area contributed by atoms with Crippen LogP contribution in [0.2, 0.25) is 0 Å². The van der Waals surface area contributed by atoms with E-state index in [4.69, 9.17) is 0 Å². The first-order chi connectivity index (χ1) is 7.66. The molecule has 0 saturated heterocycles. The molecule has 0 aliphatic heterocycles. The molecule has 1 unspecified atom stereocenters. The zero-order valence-corrected chi connectivity index (χ0v) is 12.3. The third kappa shape index (κ3) is 2.94. The van der Waals surface area contributed by atoms with Crippen molar-refractivity contribution in [2.75, 3.05) is 0 Å². The molecule has 0 aliphatic carbocycles. The summed E-state index contributed by atoms with van der Waals surface area (Å²) in [7, 11) is 0. The number of rotatable bonds is 3. The van der Waals surface area contributed by atoms with Crippen molar-refractivity contribution >= 4 is 43.2 Å². The first kappa shape index (κ1) is 12.3. The molecule has 0 amide bonds. The molecule has 0 aliphatic rings. The number of aliphatic hydroxyl groups is 1. The molecule has 1 atom stereocenters. The van der Waals surface area contributed by atoms with Gasteiger partial charge in [0.2, 0.25) is 0 Å². The number of hydrogen-bond donors (Lipinski definition) is 1. The van der Waals surface area contributed by atoms with Crippen LogP contribution in [0, 0.1) is 0 Å². The molecule has 16 heavy (non-hydrogen) atoms. The molecular formula is C12H10Br2OS. The van der Waals surface area contributed by atoms with Gasteiger partial charge in [-0.15, -0.1) is 0 Å².